The third-order valence-electron chi connectivity index (χ3n) is 4.36. The number of carbonyl (C=O) groups is 2. The Bertz CT molecular complexity index is 714. The summed E-state index contributed by atoms with van der Waals surface area (Å²) in [4.78, 5) is 23.5. The summed E-state index contributed by atoms with van der Waals surface area (Å²) in [7, 11) is 0. The molecule has 2 N–H and O–H groups in total. The Morgan fingerprint density at radius 2 is 2.19 bits per heavy atom. The molecule has 26 heavy (non-hydrogen) atoms. The van der Waals surface area contributed by atoms with Gasteiger partial charge in [0.05, 0.1) is 6.10 Å². The maximum absolute atomic E-state index is 12.1. The fourth-order valence-electron chi connectivity index (χ4n) is 2.65. The molecule has 8 heteroatoms. The Balaban J connectivity index is 1.72. The summed E-state index contributed by atoms with van der Waals surface area (Å²) in [5, 5.41) is 17.4. The van der Waals surface area contributed by atoms with Gasteiger partial charge in [-0.3, -0.25) is 9.59 Å². The topological polar surface area (TPSA) is 91.2 Å². The zero-order valence-electron chi connectivity index (χ0n) is 14.5. The summed E-state index contributed by atoms with van der Waals surface area (Å²) >= 11 is 3.44. The van der Waals surface area contributed by atoms with Gasteiger partial charge < -0.3 is 15.2 Å². The summed E-state index contributed by atoms with van der Waals surface area (Å²) in [5.74, 6) is 0.0275. The van der Waals surface area contributed by atoms with Crippen molar-refractivity contribution < 1.29 is 19.4 Å². The average molecular weight is 424 g/mol. The predicted molar refractivity (Wildman–Crippen MR) is 99.5 cm³/mol. The van der Waals surface area contributed by atoms with Crippen LogP contribution >= 0.6 is 15.9 Å². The lowest BCUT2D eigenvalue weighted by Gasteiger charge is -2.32. The summed E-state index contributed by atoms with van der Waals surface area (Å²) in [6.07, 6.45) is 3.27. The molecule has 0 aromatic heterocycles. The van der Waals surface area contributed by atoms with Crippen LogP contribution in [0.4, 0.5) is 0 Å². The number of hydrogen-bond acceptors (Lipinski definition) is 5. The van der Waals surface area contributed by atoms with Gasteiger partial charge in [0.1, 0.15) is 12.6 Å². The van der Waals surface area contributed by atoms with E-state index in [1.54, 1.807) is 0 Å². The number of hydrogen-bond donors (Lipinski definition) is 2. The van der Waals surface area contributed by atoms with Crippen LogP contribution < -0.4 is 5.32 Å². The molecule has 0 aliphatic heterocycles. The van der Waals surface area contributed by atoms with E-state index >= 15 is 0 Å². The van der Waals surface area contributed by atoms with Crippen molar-refractivity contribution in [1.82, 2.24) is 10.3 Å². The van der Waals surface area contributed by atoms with Crippen molar-refractivity contribution in [3.8, 4) is 0 Å². The molecule has 3 rings (SSSR count). The molecule has 0 heterocycles. The van der Waals surface area contributed by atoms with Gasteiger partial charge in [0, 0.05) is 16.1 Å². The zero-order valence-corrected chi connectivity index (χ0v) is 16.1. The highest BCUT2D eigenvalue weighted by molar-refractivity contribution is 9.10. The maximum atomic E-state index is 12.1. The molecule has 0 unspecified atom stereocenters. The van der Waals surface area contributed by atoms with Crippen LogP contribution in [0.15, 0.2) is 27.8 Å². The largest absolute Gasteiger partial charge is 0.473 e. The van der Waals surface area contributed by atoms with Crippen LogP contribution in [0.5, 0.6) is 0 Å². The Morgan fingerprint density at radius 1 is 1.46 bits per heavy atom. The first-order valence-electron chi connectivity index (χ1n) is 8.65. The van der Waals surface area contributed by atoms with E-state index in [-0.39, 0.29) is 30.7 Å². The number of nitrogens with zero attached hydrogens (tertiary/aromatic N) is 2. The number of aliphatic hydroxyl groups is 1. The fraction of sp³-hybridized carbons (Fsp3) is 0.500. The standard InChI is InChI=1S/C18H22BrN3O4/c1-11-2-3-12(19)6-16(11)18(26-15-4-5-15)21-22(10-23)9-17(25)20-13-7-14(24)8-13/h2-3,6,10,13-15,24H,4-5,7-9H2,1H3,(H,20,25)/b21-18+. The number of rotatable bonds is 7. The number of nitrogens with one attached hydrogen (secondary N) is 1. The SMILES string of the molecule is Cc1ccc(Br)cc1/C(=N\N(C=O)CC(=O)NC1CC(O)C1)OC1CC1. The highest BCUT2D eigenvalue weighted by Crippen LogP contribution is 2.27. The number of aryl methyl sites for hydroxylation is 1. The number of halogens is 1. The van der Waals surface area contributed by atoms with Gasteiger partial charge in [-0.25, -0.2) is 5.01 Å². The minimum absolute atomic E-state index is 0.0375. The molecule has 1 aromatic rings. The first kappa shape index (κ1) is 18.8. The number of hydrazone groups is 1. The van der Waals surface area contributed by atoms with Crippen molar-refractivity contribution in [1.29, 1.82) is 0 Å². The van der Waals surface area contributed by atoms with Gasteiger partial charge in [-0.1, -0.05) is 22.0 Å². The van der Waals surface area contributed by atoms with Crippen molar-refractivity contribution in [2.45, 2.75) is 50.9 Å². The summed E-state index contributed by atoms with van der Waals surface area (Å²) in [6.45, 7) is 1.74. The van der Waals surface area contributed by atoms with Crippen LogP contribution in [0.1, 0.15) is 36.8 Å². The van der Waals surface area contributed by atoms with Crippen molar-refractivity contribution in [3.63, 3.8) is 0 Å². The first-order valence-corrected chi connectivity index (χ1v) is 9.45. The normalized spacial score (nSPS) is 22.3. The van der Waals surface area contributed by atoms with Gasteiger partial charge in [0.25, 0.3) is 0 Å². The molecule has 0 radical (unpaired) electrons. The van der Waals surface area contributed by atoms with Gasteiger partial charge in [-0.15, -0.1) is 5.10 Å². The Labute approximate surface area is 160 Å². The summed E-state index contributed by atoms with van der Waals surface area (Å²) in [6, 6.07) is 5.70. The summed E-state index contributed by atoms with van der Waals surface area (Å²) in [5.41, 5.74) is 1.74. The van der Waals surface area contributed by atoms with E-state index in [0.29, 0.717) is 25.1 Å². The highest BCUT2D eigenvalue weighted by Gasteiger charge is 2.29. The van der Waals surface area contributed by atoms with E-state index in [0.717, 1.165) is 33.5 Å². The average Bonchev–Trinajstić information content (AvgIpc) is 3.38. The zero-order chi connectivity index (χ0) is 18.7. The Hall–Kier alpha value is -1.93. The number of benzene rings is 1. The first-order chi connectivity index (χ1) is 12.4. The lowest BCUT2D eigenvalue weighted by molar-refractivity contribution is -0.129. The van der Waals surface area contributed by atoms with Crippen LogP contribution in [-0.4, -0.2) is 53.1 Å². The number of ether oxygens (including phenoxy) is 1. The van der Waals surface area contributed by atoms with E-state index in [9.17, 15) is 14.7 Å². The molecule has 0 bridgehead atoms. The van der Waals surface area contributed by atoms with Crippen LogP contribution in [0.2, 0.25) is 0 Å². The van der Waals surface area contributed by atoms with Gasteiger partial charge >= 0.3 is 0 Å². The number of amides is 2. The van der Waals surface area contributed by atoms with E-state index in [1.165, 1.54) is 0 Å². The number of aliphatic hydroxyl groups excluding tert-OH is 1. The quantitative estimate of drug-likeness (QED) is 0.302. The molecule has 2 fully saturated rings. The smallest absolute Gasteiger partial charge is 0.242 e. The summed E-state index contributed by atoms with van der Waals surface area (Å²) < 4.78 is 6.77. The second-order valence-corrected chi connectivity index (χ2v) is 7.69. The third-order valence-corrected chi connectivity index (χ3v) is 4.85. The van der Waals surface area contributed by atoms with Gasteiger partial charge in [-0.05, 0) is 50.3 Å². The Morgan fingerprint density at radius 3 is 2.81 bits per heavy atom. The van der Waals surface area contributed by atoms with E-state index in [2.05, 4.69) is 26.3 Å². The van der Waals surface area contributed by atoms with Gasteiger partial charge in [0.15, 0.2) is 0 Å². The van der Waals surface area contributed by atoms with E-state index in [1.807, 2.05) is 25.1 Å². The second kappa shape index (κ2) is 8.18. The minimum atomic E-state index is -0.349. The molecule has 0 atom stereocenters. The second-order valence-electron chi connectivity index (χ2n) is 6.77. The van der Waals surface area contributed by atoms with E-state index < -0.39 is 0 Å². The van der Waals surface area contributed by atoms with E-state index in [4.69, 9.17) is 4.74 Å². The van der Waals surface area contributed by atoms with Crippen LogP contribution in [0, 0.1) is 6.92 Å². The molecule has 2 aliphatic carbocycles. The third kappa shape index (κ3) is 5.04. The molecular formula is C18H22BrN3O4. The predicted octanol–water partition coefficient (Wildman–Crippen LogP) is 1.70. The fourth-order valence-corrected chi connectivity index (χ4v) is 3.01. The molecule has 140 valence electrons. The lowest BCUT2D eigenvalue weighted by atomic mass is 9.89. The van der Waals surface area contributed by atoms with Gasteiger partial charge in [-0.2, -0.15) is 0 Å². The molecule has 2 saturated carbocycles. The van der Waals surface area contributed by atoms with Crippen LogP contribution in [0.3, 0.4) is 0 Å². The van der Waals surface area contributed by atoms with Crippen LogP contribution in [-0.2, 0) is 14.3 Å². The van der Waals surface area contributed by atoms with Crippen molar-refractivity contribution in [3.05, 3.63) is 33.8 Å². The maximum Gasteiger partial charge on any atom is 0.242 e. The van der Waals surface area contributed by atoms with Crippen LogP contribution in [0.25, 0.3) is 0 Å². The molecule has 2 aliphatic rings. The minimum Gasteiger partial charge on any atom is -0.473 e. The van der Waals surface area contributed by atoms with Gasteiger partial charge in [0.2, 0.25) is 18.2 Å². The van der Waals surface area contributed by atoms with Crippen molar-refractivity contribution in [2.75, 3.05) is 6.54 Å². The molecular weight excluding hydrogens is 402 g/mol. The van der Waals surface area contributed by atoms with Crippen molar-refractivity contribution >= 4 is 34.1 Å². The molecule has 0 spiro atoms. The Kier molecular flexibility index (Phi) is 5.93. The van der Waals surface area contributed by atoms with Crippen molar-refractivity contribution in [2.24, 2.45) is 5.10 Å². The lowest BCUT2D eigenvalue weighted by Crippen LogP contribution is -2.49. The molecule has 0 saturated heterocycles. The number of carbonyl (C=O) groups excluding carboxylic acids is 2. The monoisotopic (exact) mass is 423 g/mol. The molecule has 7 nitrogen and oxygen atoms in total. The molecule has 1 aromatic carbocycles. The molecule has 2 amide bonds. The highest BCUT2D eigenvalue weighted by atomic mass is 79.9.